The number of anilines is 1. The number of nitrogens with two attached hydrogens (primary N) is 1. The van der Waals surface area contributed by atoms with E-state index < -0.39 is 10.0 Å². The van der Waals surface area contributed by atoms with Gasteiger partial charge in [-0.3, -0.25) is 4.98 Å². The van der Waals surface area contributed by atoms with Gasteiger partial charge in [0.05, 0.1) is 5.69 Å². The van der Waals surface area contributed by atoms with Gasteiger partial charge in [-0.05, 0) is 24.8 Å². The molecule has 1 aliphatic carbocycles. The molecule has 1 aliphatic rings. The summed E-state index contributed by atoms with van der Waals surface area (Å²) in [5.41, 5.74) is 5.96. The lowest BCUT2D eigenvalue weighted by Gasteiger charge is -2.20. The maximum absolute atomic E-state index is 12.4. The second-order valence-electron chi connectivity index (χ2n) is 4.31. The van der Waals surface area contributed by atoms with Crippen molar-refractivity contribution in [3.63, 3.8) is 0 Å². The molecule has 0 bridgehead atoms. The zero-order valence-electron chi connectivity index (χ0n) is 9.83. The molecule has 0 saturated heterocycles. The Morgan fingerprint density at radius 1 is 1.53 bits per heavy atom. The van der Waals surface area contributed by atoms with Gasteiger partial charge < -0.3 is 5.73 Å². The molecule has 1 fully saturated rings. The minimum atomic E-state index is -3.49. The second kappa shape index (κ2) is 4.62. The summed E-state index contributed by atoms with van der Waals surface area (Å²) >= 11 is 0. The number of nitrogens with zero attached hydrogens (tertiary/aromatic N) is 2. The van der Waals surface area contributed by atoms with Crippen LogP contribution in [0.2, 0.25) is 0 Å². The van der Waals surface area contributed by atoms with Gasteiger partial charge in [0.2, 0.25) is 10.0 Å². The molecule has 0 unspecified atom stereocenters. The van der Waals surface area contributed by atoms with E-state index >= 15 is 0 Å². The molecule has 0 atom stereocenters. The quantitative estimate of drug-likeness (QED) is 0.854. The molecule has 0 spiro atoms. The summed E-state index contributed by atoms with van der Waals surface area (Å²) in [6, 6.07) is 1.51. The average Bonchev–Trinajstić information content (AvgIpc) is 3.09. The van der Waals surface area contributed by atoms with Gasteiger partial charge in [0, 0.05) is 25.5 Å². The highest BCUT2D eigenvalue weighted by atomic mass is 32.2. The number of rotatable bonds is 5. The Labute approximate surface area is 102 Å². The van der Waals surface area contributed by atoms with E-state index in [1.807, 2.05) is 6.92 Å². The van der Waals surface area contributed by atoms with Crippen molar-refractivity contribution in [2.45, 2.75) is 24.7 Å². The second-order valence-corrected chi connectivity index (χ2v) is 6.22. The maximum Gasteiger partial charge on any atom is 0.246 e. The van der Waals surface area contributed by atoms with Gasteiger partial charge in [0.15, 0.2) is 0 Å². The standard InChI is InChI=1S/C11H17N3O2S/c1-2-14(8-9-3-4-9)17(15,16)11-7-13-6-5-10(11)12/h5-7,9H,2-4,8H2,1H3,(H2,12,13). The molecule has 2 N–H and O–H groups in total. The largest absolute Gasteiger partial charge is 0.398 e. The molecule has 0 aliphatic heterocycles. The number of hydrogen-bond acceptors (Lipinski definition) is 4. The van der Waals surface area contributed by atoms with Crippen LogP contribution in [0.5, 0.6) is 0 Å². The molecule has 94 valence electrons. The Kier molecular flexibility index (Phi) is 3.35. The smallest absolute Gasteiger partial charge is 0.246 e. The normalized spacial score (nSPS) is 16.4. The Bertz CT molecular complexity index is 497. The van der Waals surface area contributed by atoms with Crippen molar-refractivity contribution in [3.05, 3.63) is 18.5 Å². The van der Waals surface area contributed by atoms with Gasteiger partial charge in [-0.1, -0.05) is 6.92 Å². The minimum Gasteiger partial charge on any atom is -0.398 e. The van der Waals surface area contributed by atoms with E-state index in [1.165, 1.54) is 22.8 Å². The van der Waals surface area contributed by atoms with Gasteiger partial charge in [0.1, 0.15) is 4.90 Å². The van der Waals surface area contributed by atoms with Crippen LogP contribution >= 0.6 is 0 Å². The van der Waals surface area contributed by atoms with E-state index in [-0.39, 0.29) is 10.6 Å². The molecule has 2 rings (SSSR count). The number of nitrogen functional groups attached to an aromatic ring is 1. The van der Waals surface area contributed by atoms with Crippen LogP contribution < -0.4 is 5.73 Å². The zero-order chi connectivity index (χ0) is 12.5. The molecule has 1 aromatic heterocycles. The first-order valence-electron chi connectivity index (χ1n) is 5.75. The molecule has 0 radical (unpaired) electrons. The summed E-state index contributed by atoms with van der Waals surface area (Å²) in [5.74, 6) is 0.516. The van der Waals surface area contributed by atoms with Gasteiger partial charge in [-0.2, -0.15) is 4.31 Å². The Balaban J connectivity index is 2.30. The molecular formula is C11H17N3O2S. The van der Waals surface area contributed by atoms with E-state index in [2.05, 4.69) is 4.98 Å². The van der Waals surface area contributed by atoms with Crippen LogP contribution in [0.25, 0.3) is 0 Å². The van der Waals surface area contributed by atoms with Gasteiger partial charge in [-0.25, -0.2) is 8.42 Å². The third-order valence-corrected chi connectivity index (χ3v) is 4.93. The number of hydrogen-bond donors (Lipinski definition) is 1. The summed E-state index contributed by atoms with van der Waals surface area (Å²) < 4.78 is 26.2. The van der Waals surface area contributed by atoms with Crippen molar-refractivity contribution in [2.75, 3.05) is 18.8 Å². The molecule has 0 aromatic carbocycles. The molecule has 1 saturated carbocycles. The summed E-state index contributed by atoms with van der Waals surface area (Å²) in [6.07, 6.45) is 5.05. The van der Waals surface area contributed by atoms with Crippen molar-refractivity contribution in [2.24, 2.45) is 5.92 Å². The van der Waals surface area contributed by atoms with Crippen LogP contribution in [-0.2, 0) is 10.0 Å². The SMILES string of the molecule is CCN(CC1CC1)S(=O)(=O)c1cnccc1N. The van der Waals surface area contributed by atoms with Gasteiger partial charge >= 0.3 is 0 Å². The van der Waals surface area contributed by atoms with Crippen LogP contribution in [-0.4, -0.2) is 30.8 Å². The third kappa shape index (κ3) is 2.58. The summed E-state index contributed by atoms with van der Waals surface area (Å²) in [5, 5.41) is 0. The first-order chi connectivity index (χ1) is 8.05. The van der Waals surface area contributed by atoms with E-state index in [9.17, 15) is 8.42 Å². The van der Waals surface area contributed by atoms with Crippen molar-refractivity contribution in [1.29, 1.82) is 0 Å². The van der Waals surface area contributed by atoms with Gasteiger partial charge in [0.25, 0.3) is 0 Å². The van der Waals surface area contributed by atoms with Crippen LogP contribution in [0.15, 0.2) is 23.4 Å². The molecule has 0 amide bonds. The fourth-order valence-corrected chi connectivity index (χ4v) is 3.32. The summed E-state index contributed by atoms with van der Waals surface area (Å²) in [7, 11) is -3.49. The van der Waals surface area contributed by atoms with E-state index in [1.54, 1.807) is 0 Å². The monoisotopic (exact) mass is 255 g/mol. The van der Waals surface area contributed by atoms with Crippen molar-refractivity contribution >= 4 is 15.7 Å². The van der Waals surface area contributed by atoms with E-state index in [0.717, 1.165) is 12.8 Å². The predicted octanol–water partition coefficient (Wildman–Crippen LogP) is 1.08. The summed E-state index contributed by atoms with van der Waals surface area (Å²) in [6.45, 7) is 2.90. The molecule has 5 nitrogen and oxygen atoms in total. The first kappa shape index (κ1) is 12.3. The molecule has 1 aromatic rings. The number of sulfonamides is 1. The highest BCUT2D eigenvalue weighted by Gasteiger charge is 2.31. The Hall–Kier alpha value is -1.14. The van der Waals surface area contributed by atoms with Crippen LogP contribution in [0.1, 0.15) is 19.8 Å². The first-order valence-corrected chi connectivity index (χ1v) is 7.19. The Morgan fingerprint density at radius 3 is 2.76 bits per heavy atom. The minimum absolute atomic E-state index is 0.113. The van der Waals surface area contributed by atoms with Crippen LogP contribution in [0.4, 0.5) is 5.69 Å². The van der Waals surface area contributed by atoms with Crippen LogP contribution in [0.3, 0.4) is 0 Å². The number of pyridine rings is 1. The Morgan fingerprint density at radius 2 is 2.24 bits per heavy atom. The lowest BCUT2D eigenvalue weighted by molar-refractivity contribution is 0.412. The van der Waals surface area contributed by atoms with E-state index in [4.69, 9.17) is 5.73 Å². The summed E-state index contributed by atoms with van der Waals surface area (Å²) in [4.78, 5) is 3.95. The average molecular weight is 255 g/mol. The fourth-order valence-electron chi connectivity index (χ4n) is 1.73. The zero-order valence-corrected chi connectivity index (χ0v) is 10.7. The van der Waals surface area contributed by atoms with Crippen LogP contribution in [0, 0.1) is 5.92 Å². The maximum atomic E-state index is 12.4. The molecule has 6 heteroatoms. The van der Waals surface area contributed by atoms with Crippen molar-refractivity contribution in [3.8, 4) is 0 Å². The lowest BCUT2D eigenvalue weighted by atomic mass is 10.4. The van der Waals surface area contributed by atoms with E-state index in [0.29, 0.717) is 19.0 Å². The lowest BCUT2D eigenvalue weighted by Crippen LogP contribution is -2.33. The molecule has 1 heterocycles. The highest BCUT2D eigenvalue weighted by molar-refractivity contribution is 7.89. The van der Waals surface area contributed by atoms with Crippen molar-refractivity contribution in [1.82, 2.24) is 9.29 Å². The molecule has 17 heavy (non-hydrogen) atoms. The topological polar surface area (TPSA) is 76.3 Å². The number of aromatic nitrogens is 1. The highest BCUT2D eigenvalue weighted by Crippen LogP contribution is 2.32. The third-order valence-electron chi connectivity index (χ3n) is 2.95. The fraction of sp³-hybridized carbons (Fsp3) is 0.545. The predicted molar refractivity (Wildman–Crippen MR) is 65.8 cm³/mol. The molecular weight excluding hydrogens is 238 g/mol. The van der Waals surface area contributed by atoms with Gasteiger partial charge in [-0.15, -0.1) is 0 Å². The van der Waals surface area contributed by atoms with Crippen molar-refractivity contribution < 1.29 is 8.42 Å².